The normalized spacial score (nSPS) is 19.1. The van der Waals surface area contributed by atoms with Crippen LogP contribution in [-0.4, -0.2) is 29.6 Å². The van der Waals surface area contributed by atoms with Gasteiger partial charge in [0, 0.05) is 36.1 Å². The van der Waals surface area contributed by atoms with E-state index >= 15 is 0 Å². The number of nitrogens with zero attached hydrogens (tertiary/aromatic N) is 1. The summed E-state index contributed by atoms with van der Waals surface area (Å²) in [6, 6.07) is 3.57. The Morgan fingerprint density at radius 1 is 1.43 bits per heavy atom. The van der Waals surface area contributed by atoms with Gasteiger partial charge in [0.05, 0.1) is 0 Å². The second kappa shape index (κ2) is 7.59. The fourth-order valence-corrected chi connectivity index (χ4v) is 3.66. The first-order valence-electron chi connectivity index (χ1n) is 7.07. The number of rotatable bonds is 4. The molecule has 1 heterocycles. The Hall–Kier alpha value is -1.36. The van der Waals surface area contributed by atoms with Crippen molar-refractivity contribution in [2.45, 2.75) is 24.5 Å². The molecule has 0 spiro atoms. The van der Waals surface area contributed by atoms with Crippen LogP contribution in [0.15, 0.2) is 30.9 Å². The van der Waals surface area contributed by atoms with Gasteiger partial charge in [-0.05, 0) is 31.0 Å². The molecule has 0 bridgehead atoms. The number of carbonyl (C=O) groups excluding carboxylic acids is 1. The second-order valence-electron chi connectivity index (χ2n) is 5.02. The first kappa shape index (κ1) is 16.0. The van der Waals surface area contributed by atoms with E-state index in [4.69, 9.17) is 0 Å². The zero-order valence-corrected chi connectivity index (χ0v) is 12.7. The van der Waals surface area contributed by atoms with E-state index in [9.17, 15) is 13.6 Å². The zero-order valence-electron chi connectivity index (χ0n) is 11.9. The highest BCUT2D eigenvalue weighted by molar-refractivity contribution is 7.99. The molecule has 0 saturated carbocycles. The third-order valence-electron chi connectivity index (χ3n) is 3.56. The molecule has 1 atom stereocenters. The maximum atomic E-state index is 13.8. The lowest BCUT2D eigenvalue weighted by atomic mass is 10.1. The number of hydrogen-bond acceptors (Lipinski definition) is 2. The lowest BCUT2D eigenvalue weighted by molar-refractivity contribution is -0.130. The van der Waals surface area contributed by atoms with Crippen LogP contribution in [0.25, 0.3) is 0 Å². The van der Waals surface area contributed by atoms with Crippen LogP contribution >= 0.6 is 11.8 Å². The minimum absolute atomic E-state index is 0.0992. The predicted octanol–water partition coefficient (Wildman–Crippen LogP) is 3.94. The third kappa shape index (κ3) is 4.30. The van der Waals surface area contributed by atoms with Gasteiger partial charge in [-0.25, -0.2) is 8.78 Å². The van der Waals surface area contributed by atoms with Gasteiger partial charge in [0.25, 0.3) is 0 Å². The summed E-state index contributed by atoms with van der Waals surface area (Å²) in [6.07, 6.45) is 3.51. The molecule has 0 aromatic heterocycles. The van der Waals surface area contributed by atoms with Crippen molar-refractivity contribution in [1.82, 2.24) is 4.90 Å². The SMILES string of the molecule is C=CCCC(=O)N1CCSC(c2cc(F)ccc2F)CC1. The van der Waals surface area contributed by atoms with Crippen molar-refractivity contribution in [3.63, 3.8) is 0 Å². The number of halogens is 2. The van der Waals surface area contributed by atoms with Crippen LogP contribution in [0.1, 0.15) is 30.1 Å². The van der Waals surface area contributed by atoms with E-state index < -0.39 is 5.82 Å². The van der Waals surface area contributed by atoms with Gasteiger partial charge >= 0.3 is 0 Å². The van der Waals surface area contributed by atoms with Crippen LogP contribution < -0.4 is 0 Å². The molecule has 1 aromatic carbocycles. The Bertz CT molecular complexity index is 521. The van der Waals surface area contributed by atoms with E-state index in [2.05, 4.69) is 6.58 Å². The minimum Gasteiger partial charge on any atom is -0.342 e. The molecule has 2 nitrogen and oxygen atoms in total. The van der Waals surface area contributed by atoms with Gasteiger partial charge in [-0.2, -0.15) is 11.8 Å². The first-order chi connectivity index (χ1) is 10.1. The fourth-order valence-electron chi connectivity index (χ4n) is 2.41. The smallest absolute Gasteiger partial charge is 0.222 e. The van der Waals surface area contributed by atoms with E-state index in [0.717, 1.165) is 11.8 Å². The van der Waals surface area contributed by atoms with Crippen molar-refractivity contribution >= 4 is 17.7 Å². The molecule has 1 amide bonds. The highest BCUT2D eigenvalue weighted by Crippen LogP contribution is 2.36. The number of allylic oxidation sites excluding steroid dienone is 1. The highest BCUT2D eigenvalue weighted by atomic mass is 32.2. The molecule has 1 unspecified atom stereocenters. The Morgan fingerprint density at radius 3 is 3.00 bits per heavy atom. The van der Waals surface area contributed by atoms with Crippen molar-refractivity contribution in [2.24, 2.45) is 0 Å². The van der Waals surface area contributed by atoms with Crippen LogP contribution in [0.4, 0.5) is 8.78 Å². The molecule has 1 aliphatic rings. The highest BCUT2D eigenvalue weighted by Gasteiger charge is 2.23. The standard InChI is InChI=1S/C16H19F2NOS/c1-2-3-4-16(20)19-8-7-15(21-10-9-19)13-11-12(17)5-6-14(13)18/h2,5-6,11,15H,1,3-4,7-10H2. The van der Waals surface area contributed by atoms with Crippen molar-refractivity contribution in [3.8, 4) is 0 Å². The quantitative estimate of drug-likeness (QED) is 0.785. The largest absolute Gasteiger partial charge is 0.342 e. The summed E-state index contributed by atoms with van der Waals surface area (Å²) in [7, 11) is 0. The maximum Gasteiger partial charge on any atom is 0.222 e. The Kier molecular flexibility index (Phi) is 5.79. The van der Waals surface area contributed by atoms with Crippen molar-refractivity contribution < 1.29 is 13.6 Å². The lowest BCUT2D eigenvalue weighted by Crippen LogP contribution is -2.32. The van der Waals surface area contributed by atoms with E-state index in [0.29, 0.717) is 37.9 Å². The van der Waals surface area contributed by atoms with E-state index in [1.807, 2.05) is 4.90 Å². The molecule has 1 saturated heterocycles. The molecule has 21 heavy (non-hydrogen) atoms. The molecule has 0 radical (unpaired) electrons. The number of thioether (sulfide) groups is 1. The summed E-state index contributed by atoms with van der Waals surface area (Å²) < 4.78 is 27.1. The van der Waals surface area contributed by atoms with Gasteiger partial charge in [-0.3, -0.25) is 4.79 Å². The molecule has 5 heteroatoms. The zero-order chi connectivity index (χ0) is 15.2. The average molecular weight is 311 g/mol. The van der Waals surface area contributed by atoms with Crippen molar-refractivity contribution in [2.75, 3.05) is 18.8 Å². The van der Waals surface area contributed by atoms with Crippen LogP contribution in [-0.2, 0) is 4.79 Å². The van der Waals surface area contributed by atoms with Gasteiger partial charge in [0.2, 0.25) is 5.91 Å². The van der Waals surface area contributed by atoms with Crippen molar-refractivity contribution in [3.05, 3.63) is 48.1 Å². The summed E-state index contributed by atoms with van der Waals surface area (Å²) in [4.78, 5) is 13.8. The van der Waals surface area contributed by atoms with E-state index in [1.54, 1.807) is 17.8 Å². The molecule has 1 aromatic rings. The second-order valence-corrected chi connectivity index (χ2v) is 6.33. The van der Waals surface area contributed by atoms with Crippen LogP contribution in [0.2, 0.25) is 0 Å². The van der Waals surface area contributed by atoms with Crippen molar-refractivity contribution in [1.29, 1.82) is 0 Å². The third-order valence-corrected chi connectivity index (χ3v) is 4.87. The minimum atomic E-state index is -0.421. The molecule has 1 fully saturated rings. The molecule has 2 rings (SSSR count). The number of amides is 1. The molecule has 114 valence electrons. The predicted molar refractivity (Wildman–Crippen MR) is 82.2 cm³/mol. The summed E-state index contributed by atoms with van der Waals surface area (Å²) in [5.74, 6) is 0.0480. The summed E-state index contributed by atoms with van der Waals surface area (Å²) in [5, 5.41) is -0.0992. The van der Waals surface area contributed by atoms with Gasteiger partial charge in [0.15, 0.2) is 0 Å². The fraction of sp³-hybridized carbons (Fsp3) is 0.438. The molecule has 0 aliphatic carbocycles. The monoisotopic (exact) mass is 311 g/mol. The lowest BCUT2D eigenvalue weighted by Gasteiger charge is -2.20. The van der Waals surface area contributed by atoms with Crippen LogP contribution in [0.5, 0.6) is 0 Å². The van der Waals surface area contributed by atoms with Gasteiger partial charge in [-0.1, -0.05) is 6.08 Å². The molecular weight excluding hydrogens is 292 g/mol. The number of benzene rings is 1. The summed E-state index contributed by atoms with van der Waals surface area (Å²) in [5.41, 5.74) is 0.403. The van der Waals surface area contributed by atoms with E-state index in [1.165, 1.54) is 12.1 Å². The Balaban J connectivity index is 2.02. The Morgan fingerprint density at radius 2 is 2.24 bits per heavy atom. The Labute approximate surface area is 128 Å². The summed E-state index contributed by atoms with van der Waals surface area (Å²) >= 11 is 1.58. The van der Waals surface area contributed by atoms with Crippen LogP contribution in [0.3, 0.4) is 0 Å². The van der Waals surface area contributed by atoms with Crippen LogP contribution in [0, 0.1) is 11.6 Å². The van der Waals surface area contributed by atoms with Gasteiger partial charge < -0.3 is 4.90 Å². The summed E-state index contributed by atoms with van der Waals surface area (Å²) in [6.45, 7) is 4.86. The molecular formula is C16H19F2NOS. The van der Waals surface area contributed by atoms with Gasteiger partial charge in [0.1, 0.15) is 11.6 Å². The number of carbonyl (C=O) groups is 1. The first-order valence-corrected chi connectivity index (χ1v) is 8.12. The topological polar surface area (TPSA) is 20.3 Å². The van der Waals surface area contributed by atoms with E-state index in [-0.39, 0.29) is 17.0 Å². The maximum absolute atomic E-state index is 13.8. The molecule has 1 aliphatic heterocycles. The molecule has 0 N–H and O–H groups in total. The number of hydrogen-bond donors (Lipinski definition) is 0. The van der Waals surface area contributed by atoms with Gasteiger partial charge in [-0.15, -0.1) is 6.58 Å². The average Bonchev–Trinajstić information content (AvgIpc) is 2.73.